The topological polar surface area (TPSA) is 33.0 Å². The highest BCUT2D eigenvalue weighted by Gasteiger charge is 1.91. The molecule has 0 aliphatic rings. The van der Waals surface area contributed by atoms with Crippen LogP contribution in [0.1, 0.15) is 5.56 Å². The van der Waals surface area contributed by atoms with Gasteiger partial charge in [-0.15, -0.1) is 0 Å². The minimum Gasteiger partial charge on any atom is -0.490 e. The number of ether oxygens (including phenoxy) is 1. The minimum atomic E-state index is 0.492. The summed E-state index contributed by atoms with van der Waals surface area (Å²) in [5.41, 5.74) is 0.640. The van der Waals surface area contributed by atoms with Crippen LogP contribution in [0.2, 0.25) is 0 Å². The van der Waals surface area contributed by atoms with E-state index in [0.717, 1.165) is 5.75 Å². The lowest BCUT2D eigenvalue weighted by atomic mass is 10.2. The van der Waals surface area contributed by atoms with E-state index in [2.05, 4.69) is 6.58 Å². The van der Waals surface area contributed by atoms with E-state index in [0.29, 0.717) is 12.2 Å². The predicted octanol–water partition coefficient (Wildman–Crippen LogP) is 2.12. The lowest BCUT2D eigenvalue weighted by molar-refractivity contribution is 0.363. The zero-order valence-corrected chi connectivity index (χ0v) is 6.66. The Balaban J connectivity index is 2.66. The van der Waals surface area contributed by atoms with Crippen molar-refractivity contribution >= 4 is 0 Å². The molecule has 0 fully saturated rings. The summed E-state index contributed by atoms with van der Waals surface area (Å²) in [5.74, 6) is 0.758. The standard InChI is InChI=1S/C10H9NO/c1-2-7-12-10-5-3-9(8-11)4-6-10/h2-6H,1,7H2. The maximum atomic E-state index is 8.50. The molecule has 2 heteroatoms. The van der Waals surface area contributed by atoms with Crippen molar-refractivity contribution in [1.82, 2.24) is 0 Å². The number of nitrogens with zero attached hydrogens (tertiary/aromatic N) is 1. The Hall–Kier alpha value is -1.75. The van der Waals surface area contributed by atoms with Crippen LogP contribution >= 0.6 is 0 Å². The highest BCUT2D eigenvalue weighted by atomic mass is 16.5. The number of benzene rings is 1. The van der Waals surface area contributed by atoms with Crippen LogP contribution < -0.4 is 4.74 Å². The van der Waals surface area contributed by atoms with Crippen molar-refractivity contribution < 1.29 is 4.74 Å². The highest BCUT2D eigenvalue weighted by Crippen LogP contribution is 2.10. The van der Waals surface area contributed by atoms with Crippen molar-refractivity contribution in [3.05, 3.63) is 42.5 Å². The molecule has 0 aromatic heterocycles. The second kappa shape index (κ2) is 4.20. The molecule has 12 heavy (non-hydrogen) atoms. The molecule has 0 radical (unpaired) electrons. The number of hydrogen-bond donors (Lipinski definition) is 0. The summed E-state index contributed by atoms with van der Waals surface area (Å²) in [7, 11) is 0. The van der Waals surface area contributed by atoms with Gasteiger partial charge in [-0.2, -0.15) is 5.26 Å². The van der Waals surface area contributed by atoms with Gasteiger partial charge in [-0.3, -0.25) is 0 Å². The van der Waals surface area contributed by atoms with Gasteiger partial charge in [-0.25, -0.2) is 0 Å². The van der Waals surface area contributed by atoms with Crippen molar-refractivity contribution in [2.24, 2.45) is 0 Å². The SMILES string of the molecule is C=CCOc1ccc(C#N)cc1. The van der Waals surface area contributed by atoms with Gasteiger partial charge in [-0.1, -0.05) is 12.7 Å². The Morgan fingerprint density at radius 3 is 2.58 bits per heavy atom. The molecule has 2 nitrogen and oxygen atoms in total. The molecule has 60 valence electrons. The van der Waals surface area contributed by atoms with Crippen molar-refractivity contribution in [2.45, 2.75) is 0 Å². The Morgan fingerprint density at radius 2 is 2.08 bits per heavy atom. The predicted molar refractivity (Wildman–Crippen MR) is 46.8 cm³/mol. The normalized spacial score (nSPS) is 8.58. The van der Waals surface area contributed by atoms with Gasteiger partial charge in [0.05, 0.1) is 11.6 Å². The smallest absolute Gasteiger partial charge is 0.119 e. The second-order valence-corrected chi connectivity index (χ2v) is 2.24. The molecule has 0 unspecified atom stereocenters. The van der Waals surface area contributed by atoms with Gasteiger partial charge in [0.15, 0.2) is 0 Å². The first-order chi connectivity index (χ1) is 5.86. The molecule has 0 spiro atoms. The molecule has 0 aliphatic heterocycles. The van der Waals surface area contributed by atoms with Crippen LogP contribution in [0.25, 0.3) is 0 Å². The average Bonchev–Trinajstić information content (AvgIpc) is 2.15. The summed E-state index contributed by atoms with van der Waals surface area (Å²) in [6.07, 6.45) is 1.68. The third-order valence-corrected chi connectivity index (χ3v) is 1.35. The number of nitriles is 1. The molecule has 0 aliphatic carbocycles. The molecule has 0 N–H and O–H groups in total. The van der Waals surface area contributed by atoms with E-state index in [1.54, 1.807) is 30.3 Å². The maximum absolute atomic E-state index is 8.50. The first kappa shape index (κ1) is 8.35. The minimum absolute atomic E-state index is 0.492. The van der Waals surface area contributed by atoms with Gasteiger partial charge in [0.25, 0.3) is 0 Å². The van der Waals surface area contributed by atoms with Crippen LogP contribution in [-0.4, -0.2) is 6.61 Å². The maximum Gasteiger partial charge on any atom is 0.119 e. The summed E-state index contributed by atoms with van der Waals surface area (Å²) in [4.78, 5) is 0. The fraction of sp³-hybridized carbons (Fsp3) is 0.100. The summed E-state index contributed by atoms with van der Waals surface area (Å²) < 4.78 is 5.23. The Kier molecular flexibility index (Phi) is 2.92. The molecule has 0 amide bonds. The van der Waals surface area contributed by atoms with Crippen LogP contribution in [0, 0.1) is 11.3 Å². The van der Waals surface area contributed by atoms with E-state index in [9.17, 15) is 0 Å². The Labute approximate surface area is 71.7 Å². The zero-order valence-electron chi connectivity index (χ0n) is 6.66. The molecule has 0 atom stereocenters. The quantitative estimate of drug-likeness (QED) is 0.633. The third-order valence-electron chi connectivity index (χ3n) is 1.35. The molecular weight excluding hydrogens is 150 g/mol. The molecule has 0 heterocycles. The van der Waals surface area contributed by atoms with Crippen LogP contribution in [0.4, 0.5) is 0 Å². The largest absolute Gasteiger partial charge is 0.490 e. The van der Waals surface area contributed by atoms with Gasteiger partial charge in [0, 0.05) is 0 Å². The van der Waals surface area contributed by atoms with Crippen LogP contribution in [0.15, 0.2) is 36.9 Å². The summed E-state index contributed by atoms with van der Waals surface area (Å²) in [5, 5.41) is 8.50. The van der Waals surface area contributed by atoms with E-state index < -0.39 is 0 Å². The monoisotopic (exact) mass is 159 g/mol. The van der Waals surface area contributed by atoms with E-state index >= 15 is 0 Å². The number of hydrogen-bond acceptors (Lipinski definition) is 2. The Morgan fingerprint density at radius 1 is 1.42 bits per heavy atom. The fourth-order valence-corrected chi connectivity index (χ4v) is 0.781. The lowest BCUT2D eigenvalue weighted by Gasteiger charge is -2.01. The molecule has 0 bridgehead atoms. The fourth-order valence-electron chi connectivity index (χ4n) is 0.781. The van der Waals surface area contributed by atoms with Crippen molar-refractivity contribution in [3.8, 4) is 11.8 Å². The third kappa shape index (κ3) is 2.14. The average molecular weight is 159 g/mol. The molecule has 0 saturated carbocycles. The van der Waals surface area contributed by atoms with Gasteiger partial charge < -0.3 is 4.74 Å². The number of rotatable bonds is 3. The molecule has 1 aromatic rings. The van der Waals surface area contributed by atoms with Gasteiger partial charge >= 0.3 is 0 Å². The van der Waals surface area contributed by atoms with Gasteiger partial charge in [0.2, 0.25) is 0 Å². The van der Waals surface area contributed by atoms with Gasteiger partial charge in [-0.05, 0) is 24.3 Å². The Bertz CT molecular complexity index is 295. The van der Waals surface area contributed by atoms with Crippen LogP contribution in [0.3, 0.4) is 0 Å². The van der Waals surface area contributed by atoms with E-state index in [1.165, 1.54) is 0 Å². The lowest BCUT2D eigenvalue weighted by Crippen LogP contribution is -1.91. The van der Waals surface area contributed by atoms with Gasteiger partial charge in [0.1, 0.15) is 12.4 Å². The molecule has 1 aromatic carbocycles. The van der Waals surface area contributed by atoms with Crippen molar-refractivity contribution in [2.75, 3.05) is 6.61 Å². The first-order valence-corrected chi connectivity index (χ1v) is 3.60. The van der Waals surface area contributed by atoms with Crippen LogP contribution in [-0.2, 0) is 0 Å². The molecule has 1 rings (SSSR count). The summed E-state index contributed by atoms with van der Waals surface area (Å²) >= 11 is 0. The zero-order chi connectivity index (χ0) is 8.81. The van der Waals surface area contributed by atoms with Crippen molar-refractivity contribution in [3.63, 3.8) is 0 Å². The summed E-state index contributed by atoms with van der Waals surface area (Å²) in [6.45, 7) is 4.02. The molecular formula is C10H9NO. The first-order valence-electron chi connectivity index (χ1n) is 3.60. The molecule has 0 saturated heterocycles. The van der Waals surface area contributed by atoms with Crippen molar-refractivity contribution in [1.29, 1.82) is 5.26 Å². The van der Waals surface area contributed by atoms with E-state index in [1.807, 2.05) is 6.07 Å². The van der Waals surface area contributed by atoms with E-state index in [-0.39, 0.29) is 0 Å². The van der Waals surface area contributed by atoms with Crippen LogP contribution in [0.5, 0.6) is 5.75 Å². The summed E-state index contributed by atoms with van der Waals surface area (Å²) in [6, 6.07) is 9.01. The highest BCUT2D eigenvalue weighted by molar-refractivity contribution is 5.34. The second-order valence-electron chi connectivity index (χ2n) is 2.24. The van der Waals surface area contributed by atoms with E-state index in [4.69, 9.17) is 10.00 Å².